The van der Waals surface area contributed by atoms with Gasteiger partial charge in [-0.05, 0) is 99.1 Å². The summed E-state index contributed by atoms with van der Waals surface area (Å²) in [5.41, 5.74) is 7.03. The van der Waals surface area contributed by atoms with Gasteiger partial charge in [-0.1, -0.05) is 0 Å². The number of nitrogens with one attached hydrogen (secondary N) is 2. The molecule has 0 aliphatic carbocycles. The van der Waals surface area contributed by atoms with E-state index in [0.717, 1.165) is 59.7 Å². The third-order valence-electron chi connectivity index (χ3n) is 8.01. The van der Waals surface area contributed by atoms with E-state index in [-0.39, 0.29) is 17.5 Å². The van der Waals surface area contributed by atoms with Crippen molar-refractivity contribution in [2.24, 2.45) is 4.99 Å². The number of aromatic amines is 1. The van der Waals surface area contributed by atoms with Crippen molar-refractivity contribution in [2.45, 2.75) is 58.5 Å². The highest BCUT2D eigenvalue weighted by Crippen LogP contribution is 2.36. The molecule has 0 bridgehead atoms. The molecule has 1 fully saturated rings. The van der Waals surface area contributed by atoms with E-state index < -0.39 is 0 Å². The molecule has 6 rings (SSSR count). The monoisotopic (exact) mass is 529 g/mol. The number of hydrogen-bond donors (Lipinski definition) is 2. The quantitative estimate of drug-likeness (QED) is 0.413. The molecule has 198 valence electrons. The normalized spacial score (nSPS) is 17.6. The first kappa shape index (κ1) is 25.1. The number of anilines is 1. The van der Waals surface area contributed by atoms with Crippen molar-refractivity contribution in [1.82, 2.24) is 14.8 Å². The Labute approximate surface area is 227 Å². The minimum atomic E-state index is -0.145. The molecule has 1 aromatic carbocycles. The van der Waals surface area contributed by atoms with Gasteiger partial charge >= 0.3 is 0 Å². The molecule has 3 aliphatic rings. The second kappa shape index (κ2) is 10.5. The van der Waals surface area contributed by atoms with E-state index in [9.17, 15) is 9.59 Å². The number of carbonyl (C=O) groups is 1. The topological polar surface area (TPSA) is 80.8 Å². The molecule has 1 saturated heterocycles. The number of carbonyl (C=O) groups excluding carboxylic acids is 1. The summed E-state index contributed by atoms with van der Waals surface area (Å²) in [5, 5.41) is 5.68. The summed E-state index contributed by atoms with van der Waals surface area (Å²) >= 11 is 1.77. The smallest absolute Gasteiger partial charge is 0.259 e. The van der Waals surface area contributed by atoms with E-state index in [1.54, 1.807) is 17.5 Å². The molecule has 1 amide bonds. The fourth-order valence-corrected chi connectivity index (χ4v) is 7.01. The number of benzene rings is 1. The minimum Gasteiger partial charge on any atom is -0.381 e. The maximum Gasteiger partial charge on any atom is 0.259 e. The molecule has 0 spiro atoms. The van der Waals surface area contributed by atoms with Gasteiger partial charge in [0.15, 0.2) is 0 Å². The highest BCUT2D eigenvalue weighted by Gasteiger charge is 2.31. The SMILES string of the molecule is Cc1ccsc1CC(C)Nc1cc[nH]c(=O)c1C1=Nc2cc3c(cc2C1)C(=O)N(CCCN1CCCC1)C3. The zero-order valence-corrected chi connectivity index (χ0v) is 23.0. The number of aromatic nitrogens is 1. The van der Waals surface area contributed by atoms with Gasteiger partial charge in [0.25, 0.3) is 11.5 Å². The van der Waals surface area contributed by atoms with Gasteiger partial charge in [0.1, 0.15) is 0 Å². The fraction of sp³-hybridized carbons (Fsp3) is 0.433. The van der Waals surface area contributed by atoms with Gasteiger partial charge in [-0.15, -0.1) is 11.3 Å². The van der Waals surface area contributed by atoms with Gasteiger partial charge in [0.2, 0.25) is 0 Å². The van der Waals surface area contributed by atoms with Crippen LogP contribution in [0.3, 0.4) is 0 Å². The molecular formula is C30H35N5O2S. The molecule has 0 radical (unpaired) electrons. The number of pyridine rings is 1. The number of amides is 1. The van der Waals surface area contributed by atoms with Crippen LogP contribution in [0.2, 0.25) is 0 Å². The molecule has 3 aliphatic heterocycles. The van der Waals surface area contributed by atoms with Crippen LogP contribution in [0.1, 0.15) is 63.7 Å². The van der Waals surface area contributed by atoms with Crippen LogP contribution in [-0.4, -0.2) is 58.6 Å². The third kappa shape index (κ3) is 4.95. The average Bonchev–Trinajstić information content (AvgIpc) is 3.68. The average molecular weight is 530 g/mol. The number of H-pyrrole nitrogens is 1. The minimum absolute atomic E-state index is 0.121. The number of likely N-dealkylation sites (tertiary alicyclic amines) is 1. The van der Waals surface area contributed by atoms with E-state index in [1.807, 2.05) is 17.0 Å². The zero-order valence-electron chi connectivity index (χ0n) is 22.2. The van der Waals surface area contributed by atoms with Crippen LogP contribution in [0.5, 0.6) is 0 Å². The van der Waals surface area contributed by atoms with Crippen molar-refractivity contribution in [3.63, 3.8) is 0 Å². The molecule has 38 heavy (non-hydrogen) atoms. The second-order valence-electron chi connectivity index (χ2n) is 10.9. The van der Waals surface area contributed by atoms with E-state index >= 15 is 0 Å². The van der Waals surface area contributed by atoms with Crippen molar-refractivity contribution in [3.8, 4) is 0 Å². The van der Waals surface area contributed by atoms with Gasteiger partial charge in [-0.2, -0.15) is 0 Å². The molecule has 2 N–H and O–H groups in total. The molecule has 7 nitrogen and oxygen atoms in total. The maximum absolute atomic E-state index is 13.2. The van der Waals surface area contributed by atoms with Crippen LogP contribution in [0.15, 0.2) is 45.6 Å². The first-order chi connectivity index (χ1) is 18.5. The molecular weight excluding hydrogens is 494 g/mol. The Balaban J connectivity index is 1.17. The number of rotatable bonds is 9. The van der Waals surface area contributed by atoms with Gasteiger partial charge in [-0.3, -0.25) is 14.6 Å². The van der Waals surface area contributed by atoms with E-state index in [1.165, 1.54) is 36.4 Å². The molecule has 2 aromatic heterocycles. The molecule has 1 unspecified atom stereocenters. The first-order valence-electron chi connectivity index (χ1n) is 13.7. The molecule has 3 aromatic rings. The van der Waals surface area contributed by atoms with Crippen molar-refractivity contribution >= 4 is 34.3 Å². The summed E-state index contributed by atoms with van der Waals surface area (Å²) in [6.07, 6.45) is 6.73. The van der Waals surface area contributed by atoms with Crippen molar-refractivity contribution in [2.75, 3.05) is 31.5 Å². The predicted molar refractivity (Wildman–Crippen MR) is 154 cm³/mol. The first-order valence-corrected chi connectivity index (χ1v) is 14.6. The van der Waals surface area contributed by atoms with Crippen LogP contribution in [0, 0.1) is 6.92 Å². The summed E-state index contributed by atoms with van der Waals surface area (Å²) in [5.74, 6) is 0.121. The van der Waals surface area contributed by atoms with E-state index in [0.29, 0.717) is 18.5 Å². The van der Waals surface area contributed by atoms with Gasteiger partial charge in [-0.25, -0.2) is 0 Å². The Bertz CT molecular complexity index is 1450. The predicted octanol–water partition coefficient (Wildman–Crippen LogP) is 4.91. The number of aliphatic imine (C=N–C) groups is 1. The second-order valence-corrected chi connectivity index (χ2v) is 11.9. The number of thiophene rings is 1. The maximum atomic E-state index is 13.2. The summed E-state index contributed by atoms with van der Waals surface area (Å²) in [6, 6.07) is 8.30. The Morgan fingerprint density at radius 1 is 1.13 bits per heavy atom. The Morgan fingerprint density at radius 2 is 1.97 bits per heavy atom. The van der Waals surface area contributed by atoms with Gasteiger partial charge in [0, 0.05) is 48.6 Å². The van der Waals surface area contributed by atoms with Crippen LogP contribution < -0.4 is 10.9 Å². The Morgan fingerprint density at radius 3 is 2.76 bits per heavy atom. The molecule has 0 saturated carbocycles. The Kier molecular flexibility index (Phi) is 6.93. The van der Waals surface area contributed by atoms with Crippen molar-refractivity contribution < 1.29 is 4.79 Å². The van der Waals surface area contributed by atoms with Crippen molar-refractivity contribution in [1.29, 1.82) is 0 Å². The Hall–Kier alpha value is -3.23. The lowest BCUT2D eigenvalue weighted by atomic mass is 10.00. The lowest BCUT2D eigenvalue weighted by molar-refractivity contribution is 0.0772. The standard InChI is InChI=1S/C30H35N5O2S/c1-19-7-13-38-27(19)14-20(2)32-24-6-8-31-29(36)28(24)26-16-21-15-23-22(17-25(21)33-26)18-35(30(23)37)12-5-11-34-9-3-4-10-34/h6-8,13,15,17,20H,3-5,9-12,14,16,18H2,1-2H3,(H2,31,32,36). The van der Waals surface area contributed by atoms with Crippen LogP contribution in [0.4, 0.5) is 11.4 Å². The molecule has 8 heteroatoms. The van der Waals surface area contributed by atoms with Gasteiger partial charge in [0.05, 0.1) is 22.6 Å². The van der Waals surface area contributed by atoms with Crippen LogP contribution >= 0.6 is 11.3 Å². The lowest BCUT2D eigenvalue weighted by Crippen LogP contribution is -2.29. The summed E-state index contributed by atoms with van der Waals surface area (Å²) in [6.45, 7) is 9.16. The van der Waals surface area contributed by atoms with Gasteiger partial charge < -0.3 is 20.1 Å². The third-order valence-corrected chi connectivity index (χ3v) is 9.05. The highest BCUT2D eigenvalue weighted by atomic mass is 32.1. The lowest BCUT2D eigenvalue weighted by Gasteiger charge is -2.19. The fourth-order valence-electron chi connectivity index (χ4n) is 5.97. The van der Waals surface area contributed by atoms with Crippen LogP contribution in [0.25, 0.3) is 0 Å². The number of nitrogens with zero attached hydrogens (tertiary/aromatic N) is 3. The number of fused-ring (bicyclic) bond motifs is 2. The summed E-state index contributed by atoms with van der Waals surface area (Å²) < 4.78 is 0. The largest absolute Gasteiger partial charge is 0.381 e. The molecule has 1 atom stereocenters. The van der Waals surface area contributed by atoms with E-state index in [2.05, 4.69) is 46.6 Å². The zero-order chi connectivity index (χ0) is 26.2. The summed E-state index contributed by atoms with van der Waals surface area (Å²) in [4.78, 5) is 39.7. The summed E-state index contributed by atoms with van der Waals surface area (Å²) in [7, 11) is 0. The number of aryl methyl sites for hydroxylation is 1. The van der Waals surface area contributed by atoms with E-state index in [4.69, 9.17) is 4.99 Å². The highest BCUT2D eigenvalue weighted by molar-refractivity contribution is 7.10. The number of hydrogen-bond acceptors (Lipinski definition) is 6. The van der Waals surface area contributed by atoms with Crippen molar-refractivity contribution in [3.05, 3.63) is 78.9 Å². The van der Waals surface area contributed by atoms with Crippen LogP contribution in [-0.2, 0) is 19.4 Å². The molecule has 5 heterocycles.